The maximum Gasteiger partial charge on any atom is 0.0541 e. The zero-order valence-corrected chi connectivity index (χ0v) is 12.5. The Hall–Kier alpha value is -3.13. The van der Waals surface area contributed by atoms with Gasteiger partial charge in [0.25, 0.3) is 0 Å². The molecule has 0 atom stereocenters. The summed E-state index contributed by atoms with van der Waals surface area (Å²) in [5.74, 6) is 0. The fraction of sp³-hybridized carbons (Fsp3) is 0. The Morgan fingerprint density at radius 1 is 0.609 bits per heavy atom. The topological polar surface area (TPSA) is 17.8 Å². The molecule has 0 spiro atoms. The number of pyridine rings is 1. The highest BCUT2D eigenvalue weighted by Gasteiger charge is 2.12. The summed E-state index contributed by atoms with van der Waals surface area (Å²) in [5.41, 5.74) is 3.67. The second-order valence-electron chi connectivity index (χ2n) is 5.74. The third-order valence-corrected chi connectivity index (χ3v) is 4.48. The largest absolute Gasteiger partial charge is 0.309 e. The molecule has 0 unspecified atom stereocenters. The van der Waals surface area contributed by atoms with E-state index in [0.29, 0.717) is 0 Å². The van der Waals surface area contributed by atoms with Gasteiger partial charge in [-0.3, -0.25) is 4.98 Å². The molecule has 0 N–H and O–H groups in total. The zero-order chi connectivity index (χ0) is 15.2. The summed E-state index contributed by atoms with van der Waals surface area (Å²) in [6, 6.07) is 25.7. The molecule has 2 aromatic heterocycles. The van der Waals surface area contributed by atoms with Gasteiger partial charge >= 0.3 is 0 Å². The highest BCUT2D eigenvalue weighted by molar-refractivity contribution is 6.10. The van der Waals surface area contributed by atoms with Gasteiger partial charge in [0.05, 0.1) is 16.7 Å². The normalized spacial score (nSPS) is 11.5. The van der Waals surface area contributed by atoms with Crippen molar-refractivity contribution in [2.45, 2.75) is 0 Å². The lowest BCUT2D eigenvalue weighted by atomic mass is 10.1. The molecular weight excluding hydrogens is 280 g/mol. The van der Waals surface area contributed by atoms with Gasteiger partial charge in [-0.1, -0.05) is 48.5 Å². The molecule has 5 aromatic rings. The molecule has 3 aromatic carbocycles. The molecule has 2 heterocycles. The van der Waals surface area contributed by atoms with Gasteiger partial charge in [-0.05, 0) is 24.3 Å². The molecular formula is C21H14N2. The molecule has 5 rings (SSSR count). The molecule has 0 amide bonds. The van der Waals surface area contributed by atoms with Gasteiger partial charge < -0.3 is 4.57 Å². The molecule has 23 heavy (non-hydrogen) atoms. The van der Waals surface area contributed by atoms with Gasteiger partial charge in [0.2, 0.25) is 0 Å². The summed E-state index contributed by atoms with van der Waals surface area (Å²) >= 11 is 0. The first kappa shape index (κ1) is 12.4. The van der Waals surface area contributed by atoms with Crippen molar-refractivity contribution in [2.75, 3.05) is 0 Å². The predicted octanol–water partition coefficient (Wildman–Crippen LogP) is 5.33. The SMILES string of the molecule is c1cc(-n2c3ccccc3c3ccccc32)c2ccncc2c1. The van der Waals surface area contributed by atoms with Crippen LogP contribution in [0.4, 0.5) is 0 Å². The molecule has 0 bridgehead atoms. The first-order valence-corrected chi connectivity index (χ1v) is 7.75. The van der Waals surface area contributed by atoms with Crippen LogP contribution in [0.5, 0.6) is 0 Å². The van der Waals surface area contributed by atoms with Crippen LogP contribution in [0.3, 0.4) is 0 Å². The lowest BCUT2D eigenvalue weighted by Crippen LogP contribution is -1.95. The minimum Gasteiger partial charge on any atom is -0.309 e. The Morgan fingerprint density at radius 2 is 1.30 bits per heavy atom. The standard InChI is InChI=1S/C21H14N2/c1-3-9-20-17(7-1)18-8-2-4-10-21(18)23(20)19-11-5-6-15-14-22-13-12-16(15)19/h1-14H. The molecule has 0 fully saturated rings. The zero-order valence-electron chi connectivity index (χ0n) is 12.5. The number of para-hydroxylation sites is 2. The van der Waals surface area contributed by atoms with Crippen LogP contribution in [0, 0.1) is 0 Å². The Balaban J connectivity index is 2.03. The predicted molar refractivity (Wildman–Crippen MR) is 96.1 cm³/mol. The van der Waals surface area contributed by atoms with Crippen LogP contribution >= 0.6 is 0 Å². The van der Waals surface area contributed by atoms with Gasteiger partial charge in [-0.2, -0.15) is 0 Å². The molecule has 2 nitrogen and oxygen atoms in total. The molecule has 0 aliphatic heterocycles. The quantitative estimate of drug-likeness (QED) is 0.408. The maximum absolute atomic E-state index is 4.25. The van der Waals surface area contributed by atoms with Crippen molar-refractivity contribution in [3.63, 3.8) is 0 Å². The molecule has 108 valence electrons. The Kier molecular flexibility index (Phi) is 2.53. The summed E-state index contributed by atoms with van der Waals surface area (Å²) in [6.07, 6.45) is 3.78. The van der Waals surface area contributed by atoms with Crippen LogP contribution < -0.4 is 0 Å². The summed E-state index contributed by atoms with van der Waals surface area (Å²) in [5, 5.41) is 4.95. The van der Waals surface area contributed by atoms with Crippen LogP contribution in [-0.4, -0.2) is 9.55 Å². The maximum atomic E-state index is 4.25. The summed E-state index contributed by atoms with van der Waals surface area (Å²) < 4.78 is 2.35. The van der Waals surface area contributed by atoms with Crippen molar-refractivity contribution >= 4 is 32.6 Å². The van der Waals surface area contributed by atoms with Crippen molar-refractivity contribution in [3.05, 3.63) is 85.2 Å². The fourth-order valence-corrected chi connectivity index (χ4v) is 3.48. The van der Waals surface area contributed by atoms with Crippen molar-refractivity contribution in [2.24, 2.45) is 0 Å². The number of hydrogen-bond acceptors (Lipinski definition) is 1. The molecule has 0 saturated heterocycles. The van der Waals surface area contributed by atoms with Crippen LogP contribution in [0.25, 0.3) is 38.3 Å². The van der Waals surface area contributed by atoms with E-state index in [1.807, 2.05) is 12.4 Å². The number of aromatic nitrogens is 2. The van der Waals surface area contributed by atoms with Gasteiger partial charge in [0.15, 0.2) is 0 Å². The summed E-state index contributed by atoms with van der Waals surface area (Å²) in [4.78, 5) is 4.25. The van der Waals surface area contributed by atoms with Crippen molar-refractivity contribution in [3.8, 4) is 5.69 Å². The minimum absolute atomic E-state index is 1.16. The Morgan fingerprint density at radius 3 is 2.04 bits per heavy atom. The van der Waals surface area contributed by atoms with E-state index in [0.717, 1.165) is 5.39 Å². The highest BCUT2D eigenvalue weighted by Crippen LogP contribution is 2.33. The van der Waals surface area contributed by atoms with Gasteiger partial charge in [-0.15, -0.1) is 0 Å². The monoisotopic (exact) mass is 294 g/mol. The van der Waals surface area contributed by atoms with E-state index in [4.69, 9.17) is 0 Å². The first-order valence-electron chi connectivity index (χ1n) is 7.75. The van der Waals surface area contributed by atoms with Gasteiger partial charge in [-0.25, -0.2) is 0 Å². The highest BCUT2D eigenvalue weighted by atomic mass is 15.0. The summed E-state index contributed by atoms with van der Waals surface area (Å²) in [6.45, 7) is 0. The van der Waals surface area contributed by atoms with Gasteiger partial charge in [0, 0.05) is 33.9 Å². The summed E-state index contributed by atoms with van der Waals surface area (Å²) in [7, 11) is 0. The average Bonchev–Trinajstić information content (AvgIpc) is 2.96. The molecule has 0 aliphatic carbocycles. The van der Waals surface area contributed by atoms with Crippen LogP contribution in [0.1, 0.15) is 0 Å². The van der Waals surface area contributed by atoms with E-state index in [-0.39, 0.29) is 0 Å². The average molecular weight is 294 g/mol. The molecule has 0 saturated carbocycles. The lowest BCUT2D eigenvalue weighted by molar-refractivity contribution is 1.19. The van der Waals surface area contributed by atoms with E-state index in [2.05, 4.69) is 82.3 Å². The number of fused-ring (bicyclic) bond motifs is 4. The molecule has 2 heteroatoms. The molecule has 0 aliphatic rings. The van der Waals surface area contributed by atoms with E-state index >= 15 is 0 Å². The van der Waals surface area contributed by atoms with Crippen LogP contribution in [0.2, 0.25) is 0 Å². The van der Waals surface area contributed by atoms with Crippen molar-refractivity contribution in [1.82, 2.24) is 9.55 Å². The number of benzene rings is 3. The van der Waals surface area contributed by atoms with Gasteiger partial charge in [0.1, 0.15) is 0 Å². The smallest absolute Gasteiger partial charge is 0.0541 e. The lowest BCUT2D eigenvalue weighted by Gasteiger charge is -2.11. The van der Waals surface area contributed by atoms with E-state index < -0.39 is 0 Å². The third-order valence-electron chi connectivity index (χ3n) is 4.48. The minimum atomic E-state index is 1.16. The van der Waals surface area contributed by atoms with Crippen molar-refractivity contribution < 1.29 is 0 Å². The van der Waals surface area contributed by atoms with E-state index in [1.165, 1.54) is 32.9 Å². The first-order chi connectivity index (χ1) is 11.4. The van der Waals surface area contributed by atoms with E-state index in [9.17, 15) is 0 Å². The Bertz CT molecular complexity index is 1110. The van der Waals surface area contributed by atoms with Crippen LogP contribution in [-0.2, 0) is 0 Å². The van der Waals surface area contributed by atoms with E-state index in [1.54, 1.807) is 0 Å². The second-order valence-corrected chi connectivity index (χ2v) is 5.74. The van der Waals surface area contributed by atoms with Crippen LogP contribution in [0.15, 0.2) is 85.2 Å². The second kappa shape index (κ2) is 4.68. The number of nitrogens with zero attached hydrogens (tertiary/aromatic N) is 2. The Labute approximate surface area is 133 Å². The number of rotatable bonds is 1. The van der Waals surface area contributed by atoms with Crippen molar-refractivity contribution in [1.29, 1.82) is 0 Å². The molecule has 0 radical (unpaired) electrons. The third kappa shape index (κ3) is 1.72. The fourth-order valence-electron chi connectivity index (χ4n) is 3.48. The number of hydrogen-bond donors (Lipinski definition) is 0.